The first-order valence-electron chi connectivity index (χ1n) is 6.94. The van der Waals surface area contributed by atoms with Crippen molar-refractivity contribution in [2.75, 3.05) is 29.9 Å². The van der Waals surface area contributed by atoms with Crippen LogP contribution in [0.15, 0.2) is 6.20 Å². The molecule has 2 atom stereocenters. The summed E-state index contributed by atoms with van der Waals surface area (Å²) in [5, 5.41) is 3.19. The Hall–Kier alpha value is -1.32. The van der Waals surface area contributed by atoms with Crippen LogP contribution in [0.25, 0.3) is 0 Å². The van der Waals surface area contributed by atoms with E-state index < -0.39 is 0 Å². The fourth-order valence-corrected chi connectivity index (χ4v) is 2.45. The van der Waals surface area contributed by atoms with Crippen LogP contribution in [0.3, 0.4) is 0 Å². The van der Waals surface area contributed by atoms with E-state index >= 15 is 0 Å². The van der Waals surface area contributed by atoms with Crippen LogP contribution in [0, 0.1) is 18.8 Å². The summed E-state index contributed by atoms with van der Waals surface area (Å²) in [4.78, 5) is 11.4. The molecule has 1 N–H and O–H groups in total. The quantitative estimate of drug-likeness (QED) is 0.893. The van der Waals surface area contributed by atoms with Gasteiger partial charge < -0.3 is 10.2 Å². The smallest absolute Gasteiger partial charge is 0.224 e. The number of piperidine rings is 1. The Morgan fingerprint density at radius 3 is 2.83 bits per heavy atom. The molecule has 0 bridgehead atoms. The maximum absolute atomic E-state index is 4.65. The van der Waals surface area contributed by atoms with Crippen LogP contribution in [-0.4, -0.2) is 29.6 Å². The molecule has 1 aromatic rings. The highest BCUT2D eigenvalue weighted by molar-refractivity contribution is 5.49. The van der Waals surface area contributed by atoms with Crippen molar-refractivity contribution in [3.05, 3.63) is 11.8 Å². The molecule has 1 aliphatic heterocycles. The summed E-state index contributed by atoms with van der Waals surface area (Å²) < 4.78 is 0. The monoisotopic (exact) mass is 248 g/mol. The lowest BCUT2D eigenvalue weighted by molar-refractivity contribution is 0.322. The van der Waals surface area contributed by atoms with E-state index in [0.29, 0.717) is 0 Å². The zero-order valence-electron chi connectivity index (χ0n) is 11.9. The van der Waals surface area contributed by atoms with Gasteiger partial charge in [0.25, 0.3) is 0 Å². The van der Waals surface area contributed by atoms with E-state index in [1.807, 2.05) is 6.20 Å². The summed E-state index contributed by atoms with van der Waals surface area (Å²) in [7, 11) is 0. The van der Waals surface area contributed by atoms with Crippen molar-refractivity contribution in [1.29, 1.82) is 0 Å². The molecule has 100 valence electrons. The molecular formula is C14H24N4. The Labute approximate surface area is 110 Å². The third-order valence-corrected chi connectivity index (χ3v) is 3.91. The maximum Gasteiger partial charge on any atom is 0.224 e. The van der Waals surface area contributed by atoms with E-state index in [0.717, 1.165) is 43.2 Å². The van der Waals surface area contributed by atoms with E-state index in [2.05, 4.69) is 47.9 Å². The molecule has 0 saturated carbocycles. The Balaban J connectivity index is 2.19. The number of rotatable bonds is 3. The van der Waals surface area contributed by atoms with Crippen molar-refractivity contribution in [2.24, 2.45) is 11.8 Å². The molecule has 2 heterocycles. The van der Waals surface area contributed by atoms with E-state index in [4.69, 9.17) is 0 Å². The molecule has 1 aromatic heterocycles. The van der Waals surface area contributed by atoms with Crippen molar-refractivity contribution in [3.63, 3.8) is 0 Å². The van der Waals surface area contributed by atoms with Gasteiger partial charge in [0.15, 0.2) is 0 Å². The van der Waals surface area contributed by atoms with Gasteiger partial charge in [-0.3, -0.25) is 0 Å². The Kier molecular flexibility index (Phi) is 4.04. The second-order valence-electron chi connectivity index (χ2n) is 5.42. The average molecular weight is 248 g/mol. The minimum Gasteiger partial charge on any atom is -0.356 e. The molecule has 4 nitrogen and oxygen atoms in total. The predicted octanol–water partition coefficient (Wildman–Crippen LogP) is 2.70. The van der Waals surface area contributed by atoms with Crippen LogP contribution in [-0.2, 0) is 0 Å². The molecule has 2 unspecified atom stereocenters. The van der Waals surface area contributed by atoms with Gasteiger partial charge in [-0.05, 0) is 32.1 Å². The molecule has 1 saturated heterocycles. The Morgan fingerprint density at radius 1 is 1.39 bits per heavy atom. The second kappa shape index (κ2) is 5.55. The molecule has 0 aliphatic carbocycles. The first-order valence-corrected chi connectivity index (χ1v) is 6.94. The maximum atomic E-state index is 4.65. The van der Waals surface area contributed by atoms with Crippen LogP contribution in [0.4, 0.5) is 11.8 Å². The number of nitrogens with one attached hydrogen (secondary N) is 1. The number of anilines is 2. The van der Waals surface area contributed by atoms with Gasteiger partial charge in [-0.25, -0.2) is 4.98 Å². The van der Waals surface area contributed by atoms with Crippen LogP contribution >= 0.6 is 0 Å². The number of aryl methyl sites for hydroxylation is 1. The van der Waals surface area contributed by atoms with Crippen LogP contribution in [0.1, 0.15) is 32.8 Å². The highest BCUT2D eigenvalue weighted by Gasteiger charge is 2.24. The van der Waals surface area contributed by atoms with Crippen molar-refractivity contribution in [2.45, 2.75) is 34.1 Å². The summed E-state index contributed by atoms with van der Waals surface area (Å²) >= 11 is 0. The summed E-state index contributed by atoms with van der Waals surface area (Å²) in [5.41, 5.74) is 1.17. The molecule has 0 spiro atoms. The lowest BCUT2D eigenvalue weighted by Crippen LogP contribution is -2.39. The normalized spacial score (nSPS) is 24.1. The summed E-state index contributed by atoms with van der Waals surface area (Å²) in [6.45, 7) is 11.9. The zero-order chi connectivity index (χ0) is 13.1. The lowest BCUT2D eigenvalue weighted by Gasteiger charge is -2.36. The van der Waals surface area contributed by atoms with Gasteiger partial charge >= 0.3 is 0 Å². The van der Waals surface area contributed by atoms with Crippen LogP contribution < -0.4 is 10.2 Å². The molecule has 18 heavy (non-hydrogen) atoms. The van der Waals surface area contributed by atoms with Crippen molar-refractivity contribution >= 4 is 11.8 Å². The molecular weight excluding hydrogens is 224 g/mol. The largest absolute Gasteiger partial charge is 0.356 e. The van der Waals surface area contributed by atoms with E-state index in [1.54, 1.807) is 0 Å². The lowest BCUT2D eigenvalue weighted by atomic mass is 9.88. The Bertz CT molecular complexity index is 405. The van der Waals surface area contributed by atoms with E-state index in [1.165, 1.54) is 12.0 Å². The van der Waals surface area contributed by atoms with Gasteiger partial charge in [0.05, 0.1) is 0 Å². The van der Waals surface area contributed by atoms with Crippen LogP contribution in [0.5, 0.6) is 0 Å². The third-order valence-electron chi connectivity index (χ3n) is 3.91. The van der Waals surface area contributed by atoms with Gasteiger partial charge in [-0.15, -0.1) is 0 Å². The van der Waals surface area contributed by atoms with Crippen molar-refractivity contribution in [3.8, 4) is 0 Å². The van der Waals surface area contributed by atoms with Crippen molar-refractivity contribution < 1.29 is 0 Å². The number of aromatic nitrogens is 2. The summed E-state index contributed by atoms with van der Waals surface area (Å²) in [6.07, 6.45) is 3.17. The molecule has 2 rings (SSSR count). The number of hydrogen-bond donors (Lipinski definition) is 1. The molecule has 4 heteroatoms. The minimum absolute atomic E-state index is 0.732. The standard InChI is InChI=1S/C14H24N4/c1-5-15-14-16-8-11(3)13(17-14)18-7-6-10(2)12(4)9-18/h8,10,12H,5-7,9H2,1-4H3,(H,15,16,17). The fraction of sp³-hybridized carbons (Fsp3) is 0.714. The van der Waals surface area contributed by atoms with E-state index in [9.17, 15) is 0 Å². The number of nitrogens with zero attached hydrogens (tertiary/aromatic N) is 3. The molecule has 0 aromatic carbocycles. The molecule has 0 radical (unpaired) electrons. The molecule has 1 aliphatic rings. The second-order valence-corrected chi connectivity index (χ2v) is 5.42. The number of hydrogen-bond acceptors (Lipinski definition) is 4. The van der Waals surface area contributed by atoms with Gasteiger partial charge in [0, 0.05) is 31.4 Å². The Morgan fingerprint density at radius 2 is 2.17 bits per heavy atom. The van der Waals surface area contributed by atoms with Gasteiger partial charge in [-0.1, -0.05) is 13.8 Å². The highest BCUT2D eigenvalue weighted by Crippen LogP contribution is 2.27. The van der Waals surface area contributed by atoms with Gasteiger partial charge in [0.2, 0.25) is 5.95 Å². The third kappa shape index (κ3) is 2.74. The van der Waals surface area contributed by atoms with Crippen molar-refractivity contribution in [1.82, 2.24) is 9.97 Å². The fourth-order valence-electron chi connectivity index (χ4n) is 2.45. The SMILES string of the molecule is CCNc1ncc(C)c(N2CCC(C)C(C)C2)n1. The van der Waals surface area contributed by atoms with Gasteiger partial charge in [0.1, 0.15) is 5.82 Å². The minimum atomic E-state index is 0.732. The highest BCUT2D eigenvalue weighted by atomic mass is 15.2. The first-order chi connectivity index (χ1) is 8.61. The zero-order valence-corrected chi connectivity index (χ0v) is 11.9. The molecule has 0 amide bonds. The van der Waals surface area contributed by atoms with Gasteiger partial charge in [-0.2, -0.15) is 4.98 Å². The summed E-state index contributed by atoms with van der Waals surface area (Å²) in [6, 6.07) is 0. The van der Waals surface area contributed by atoms with Crippen LogP contribution in [0.2, 0.25) is 0 Å². The average Bonchev–Trinajstić information content (AvgIpc) is 2.35. The topological polar surface area (TPSA) is 41.1 Å². The predicted molar refractivity (Wildman–Crippen MR) is 76.1 cm³/mol. The van der Waals surface area contributed by atoms with E-state index in [-0.39, 0.29) is 0 Å². The summed E-state index contributed by atoms with van der Waals surface area (Å²) in [5.74, 6) is 3.39. The molecule has 1 fully saturated rings. The first kappa shape index (κ1) is 13.1.